The lowest BCUT2D eigenvalue weighted by molar-refractivity contribution is 0.224. The maximum absolute atomic E-state index is 6.15. The first-order valence-electron chi connectivity index (χ1n) is 9.20. The molecule has 0 radical (unpaired) electrons. The van der Waals surface area contributed by atoms with Crippen molar-refractivity contribution >= 4 is 35.6 Å². The molecular weight excluding hydrogens is 467 g/mol. The van der Waals surface area contributed by atoms with Gasteiger partial charge < -0.3 is 20.5 Å². The number of halogens is 1. The van der Waals surface area contributed by atoms with Gasteiger partial charge in [0, 0.05) is 6.07 Å². The van der Waals surface area contributed by atoms with Crippen LogP contribution in [0.5, 0.6) is 11.5 Å². The third-order valence-electron chi connectivity index (χ3n) is 4.54. The van der Waals surface area contributed by atoms with Crippen LogP contribution < -0.4 is 20.5 Å². The summed E-state index contributed by atoms with van der Waals surface area (Å²) in [5.41, 5.74) is 8.11. The first-order chi connectivity index (χ1) is 13.1. The topological polar surface area (TPSA) is 72.1 Å². The van der Waals surface area contributed by atoms with E-state index in [1.165, 1.54) is 5.56 Å². The Kier molecular flexibility index (Phi) is 10.7. The fourth-order valence-corrected chi connectivity index (χ4v) is 3.05. The van der Waals surface area contributed by atoms with Gasteiger partial charge in [-0.3, -0.25) is 9.89 Å². The average Bonchev–Trinajstić information content (AvgIpc) is 2.71. The number of hydrogen-bond donors (Lipinski definition) is 2. The minimum absolute atomic E-state index is 0. The Morgan fingerprint density at radius 3 is 2.32 bits per heavy atom. The maximum Gasteiger partial charge on any atom is 0.193 e. The Morgan fingerprint density at radius 2 is 1.75 bits per heavy atom. The third-order valence-corrected chi connectivity index (χ3v) is 4.54. The van der Waals surface area contributed by atoms with Gasteiger partial charge in [-0.2, -0.15) is 0 Å². The van der Waals surface area contributed by atoms with Crippen LogP contribution in [0.2, 0.25) is 0 Å². The number of guanidine groups is 1. The Balaban J connectivity index is 0.00000392. The van der Waals surface area contributed by atoms with Crippen molar-refractivity contribution in [2.45, 2.75) is 19.9 Å². The quantitative estimate of drug-likeness (QED) is 0.309. The van der Waals surface area contributed by atoms with Crippen LogP contribution in [0.3, 0.4) is 0 Å². The van der Waals surface area contributed by atoms with E-state index in [9.17, 15) is 0 Å². The number of anilines is 1. The molecule has 0 aromatic heterocycles. The van der Waals surface area contributed by atoms with Gasteiger partial charge in [-0.1, -0.05) is 44.2 Å². The summed E-state index contributed by atoms with van der Waals surface area (Å²) in [5.74, 6) is 1.74. The number of methoxy groups -OCH3 is 2. The van der Waals surface area contributed by atoms with Crippen LogP contribution in [0.4, 0.5) is 5.69 Å². The van der Waals surface area contributed by atoms with E-state index in [4.69, 9.17) is 15.2 Å². The first kappa shape index (κ1) is 24.0. The highest BCUT2D eigenvalue weighted by Gasteiger charge is 2.17. The number of likely N-dealkylation sites (N-methyl/N-ethyl adjacent to an activating group) is 1. The van der Waals surface area contributed by atoms with Crippen molar-refractivity contribution in [2.24, 2.45) is 10.7 Å². The fraction of sp³-hybridized carbons (Fsp3) is 0.381. The molecule has 0 bridgehead atoms. The van der Waals surface area contributed by atoms with Crippen LogP contribution >= 0.6 is 24.0 Å². The Hall–Kier alpha value is -2.00. The predicted molar refractivity (Wildman–Crippen MR) is 127 cm³/mol. The van der Waals surface area contributed by atoms with Crippen LogP contribution in [0.1, 0.15) is 25.5 Å². The molecule has 0 saturated heterocycles. The molecule has 0 amide bonds. The lowest BCUT2D eigenvalue weighted by Gasteiger charge is -2.29. The first-order valence-corrected chi connectivity index (χ1v) is 9.20. The van der Waals surface area contributed by atoms with Crippen LogP contribution in [0.25, 0.3) is 0 Å². The summed E-state index contributed by atoms with van der Waals surface area (Å²) in [5, 5.41) is 3.12. The Bertz CT molecular complexity index is 736. The van der Waals surface area contributed by atoms with E-state index in [0.29, 0.717) is 18.3 Å². The number of nitrogens with zero attached hydrogens (tertiary/aromatic N) is 2. The molecule has 0 fully saturated rings. The van der Waals surface area contributed by atoms with Gasteiger partial charge in [0.15, 0.2) is 5.96 Å². The van der Waals surface area contributed by atoms with Gasteiger partial charge in [-0.25, -0.2) is 0 Å². The van der Waals surface area contributed by atoms with Crippen molar-refractivity contribution in [1.82, 2.24) is 4.90 Å². The van der Waals surface area contributed by atoms with E-state index in [2.05, 4.69) is 53.3 Å². The molecule has 3 N–H and O–H groups in total. The van der Waals surface area contributed by atoms with Crippen LogP contribution in [0, 0.1) is 0 Å². The van der Waals surface area contributed by atoms with Crippen molar-refractivity contribution in [3.05, 3.63) is 54.1 Å². The van der Waals surface area contributed by atoms with E-state index in [0.717, 1.165) is 24.5 Å². The van der Waals surface area contributed by atoms with Crippen LogP contribution in [0.15, 0.2) is 53.5 Å². The minimum atomic E-state index is 0. The van der Waals surface area contributed by atoms with Crippen molar-refractivity contribution in [1.29, 1.82) is 0 Å². The molecule has 6 nitrogen and oxygen atoms in total. The fourth-order valence-electron chi connectivity index (χ4n) is 3.05. The Labute approximate surface area is 185 Å². The van der Waals surface area contributed by atoms with E-state index in [1.807, 2.05) is 24.3 Å². The summed E-state index contributed by atoms with van der Waals surface area (Å²) in [7, 11) is 3.24. The summed E-state index contributed by atoms with van der Waals surface area (Å²) in [4.78, 5) is 6.96. The molecule has 2 aromatic carbocycles. The van der Waals surface area contributed by atoms with E-state index in [-0.39, 0.29) is 30.0 Å². The monoisotopic (exact) mass is 498 g/mol. The number of benzene rings is 2. The largest absolute Gasteiger partial charge is 0.497 e. The highest BCUT2D eigenvalue weighted by Crippen LogP contribution is 2.28. The summed E-state index contributed by atoms with van der Waals surface area (Å²) in [6.45, 7) is 6.78. The second kappa shape index (κ2) is 12.5. The molecule has 28 heavy (non-hydrogen) atoms. The van der Waals surface area contributed by atoms with Crippen molar-refractivity contribution < 1.29 is 9.47 Å². The van der Waals surface area contributed by atoms with Gasteiger partial charge >= 0.3 is 0 Å². The molecule has 0 aliphatic carbocycles. The maximum atomic E-state index is 6.15. The van der Waals surface area contributed by atoms with Crippen LogP contribution in [-0.4, -0.2) is 44.7 Å². The van der Waals surface area contributed by atoms with Gasteiger partial charge in [0.1, 0.15) is 11.5 Å². The van der Waals surface area contributed by atoms with Crippen molar-refractivity contribution in [3.8, 4) is 11.5 Å². The summed E-state index contributed by atoms with van der Waals surface area (Å²) < 4.78 is 10.6. The highest BCUT2D eigenvalue weighted by molar-refractivity contribution is 14.0. The van der Waals surface area contributed by atoms with Crippen molar-refractivity contribution in [3.63, 3.8) is 0 Å². The van der Waals surface area contributed by atoms with Crippen molar-refractivity contribution in [2.75, 3.05) is 39.2 Å². The summed E-state index contributed by atoms with van der Waals surface area (Å²) in [6.07, 6.45) is 0. The van der Waals surface area contributed by atoms with E-state index in [1.54, 1.807) is 14.2 Å². The highest BCUT2D eigenvalue weighted by atomic mass is 127. The molecule has 1 atom stereocenters. The smallest absolute Gasteiger partial charge is 0.193 e. The van der Waals surface area contributed by atoms with E-state index >= 15 is 0 Å². The van der Waals surface area contributed by atoms with Gasteiger partial charge in [0.05, 0.1) is 32.5 Å². The van der Waals surface area contributed by atoms with Gasteiger partial charge in [-0.05, 0) is 30.8 Å². The zero-order chi connectivity index (χ0) is 19.6. The number of nitrogens with two attached hydrogens (primary N) is 1. The second-order valence-corrected chi connectivity index (χ2v) is 6.06. The lowest BCUT2D eigenvalue weighted by Crippen LogP contribution is -2.32. The molecule has 0 aliphatic rings. The lowest BCUT2D eigenvalue weighted by atomic mass is 10.1. The number of aliphatic imine (C=N–C) groups is 1. The molecule has 0 saturated carbocycles. The van der Waals surface area contributed by atoms with Gasteiger partial charge in [-0.15, -0.1) is 24.0 Å². The Morgan fingerprint density at radius 1 is 1.07 bits per heavy atom. The minimum Gasteiger partial charge on any atom is -0.497 e. The number of rotatable bonds is 9. The molecular formula is C21H31IN4O2. The number of nitrogens with one attached hydrogen (secondary N) is 1. The molecule has 0 aliphatic heterocycles. The standard InChI is InChI=1S/C21H30N4O2.HI/c1-5-25(6-2)19(16-10-8-7-9-11-16)15-23-21(22)24-18-14-17(26-3)12-13-20(18)27-4;/h7-14,19H,5-6,15H2,1-4H3,(H3,22,23,24);1H. The average molecular weight is 498 g/mol. The summed E-state index contributed by atoms with van der Waals surface area (Å²) >= 11 is 0. The molecule has 0 heterocycles. The number of ether oxygens (including phenoxy) is 2. The SMILES string of the molecule is CCN(CC)C(CN=C(N)Nc1cc(OC)ccc1OC)c1ccccc1.I. The molecule has 154 valence electrons. The zero-order valence-corrected chi connectivity index (χ0v) is 19.3. The predicted octanol–water partition coefficient (Wildman–Crippen LogP) is 4.13. The number of hydrogen-bond acceptors (Lipinski definition) is 4. The molecule has 0 spiro atoms. The third kappa shape index (κ3) is 6.56. The van der Waals surface area contributed by atoms with Crippen LogP contribution in [-0.2, 0) is 0 Å². The zero-order valence-electron chi connectivity index (χ0n) is 17.0. The second-order valence-electron chi connectivity index (χ2n) is 6.06. The molecule has 1 unspecified atom stereocenters. The molecule has 2 aromatic rings. The molecule has 7 heteroatoms. The molecule has 2 rings (SSSR count). The summed E-state index contributed by atoms with van der Waals surface area (Å²) in [6, 6.07) is 16.1. The van der Waals surface area contributed by atoms with E-state index < -0.39 is 0 Å². The van der Waals surface area contributed by atoms with Gasteiger partial charge in [0.2, 0.25) is 0 Å². The normalized spacial score (nSPS) is 12.2. The van der Waals surface area contributed by atoms with Gasteiger partial charge in [0.25, 0.3) is 0 Å².